The predicted molar refractivity (Wildman–Crippen MR) is 136 cm³/mol. The lowest BCUT2D eigenvalue weighted by atomic mass is 9.87. The second kappa shape index (κ2) is 12.5. The van der Waals surface area contributed by atoms with E-state index in [2.05, 4.69) is 20.1 Å². The lowest BCUT2D eigenvalue weighted by Gasteiger charge is -2.26. The Morgan fingerprint density at radius 1 is 1.27 bits per heavy atom. The first kappa shape index (κ1) is 31.2. The number of nitriles is 1. The number of nitrogens with two attached hydrogens (primary N) is 1. The minimum atomic E-state index is -2.16. The molecule has 222 valence electrons. The number of nitrogens with one attached hydrogen (secondary N) is 1. The van der Waals surface area contributed by atoms with Crippen LogP contribution in [0.3, 0.4) is 0 Å². The number of carbonyl (C=O) groups excluding carboxylic acids is 4. The van der Waals surface area contributed by atoms with Crippen molar-refractivity contribution in [2.45, 2.75) is 71.0 Å². The summed E-state index contributed by atoms with van der Waals surface area (Å²) in [7, 11) is 0. The lowest BCUT2D eigenvalue weighted by Crippen LogP contribution is -2.45. The van der Waals surface area contributed by atoms with Gasteiger partial charge in [0.25, 0.3) is 0 Å². The maximum absolute atomic E-state index is 12.5. The Bertz CT molecular complexity index is 1350. The van der Waals surface area contributed by atoms with Crippen molar-refractivity contribution in [1.29, 1.82) is 5.26 Å². The smallest absolute Gasteiger partial charge is 0.415 e. The zero-order chi connectivity index (χ0) is 30.5. The number of esters is 3. The average molecular weight is 577 g/mol. The van der Waals surface area contributed by atoms with Crippen molar-refractivity contribution >= 4 is 35.3 Å². The van der Waals surface area contributed by atoms with Crippen molar-refractivity contribution in [1.82, 2.24) is 14.6 Å². The zero-order valence-electron chi connectivity index (χ0n) is 23.2. The molecule has 0 spiro atoms. The maximum atomic E-state index is 12.5. The molecular weight excluding hydrogens is 544 g/mol. The summed E-state index contributed by atoms with van der Waals surface area (Å²) in [6.07, 6.45) is -4.37. The Morgan fingerprint density at radius 2 is 1.98 bits per heavy atom. The summed E-state index contributed by atoms with van der Waals surface area (Å²) in [6.45, 7) is 6.84. The highest BCUT2D eigenvalue weighted by Crippen LogP contribution is 2.42. The van der Waals surface area contributed by atoms with Crippen LogP contribution in [0.25, 0.3) is 5.52 Å². The standard InChI is InChI=1S/C25H32N6O10/c1-6-17(33)40-18-15(9-37-22(35)19(27)24(3,4)5)41-25(10-26,20(18)34)16-8-7-14-21(28-11-29-31(14)16)30-23(36)39-12-38-13(2)32/h7-8,11,15,18-20,34H,6,9,12,27H2,1-5H3,(H,28,29,30,36)/t15-,18-,19-,20-,25+/m1/s1. The molecule has 0 aromatic carbocycles. The summed E-state index contributed by atoms with van der Waals surface area (Å²) in [6, 6.07) is 3.79. The van der Waals surface area contributed by atoms with Gasteiger partial charge in [0, 0.05) is 13.3 Å². The molecule has 2 aromatic heterocycles. The summed E-state index contributed by atoms with van der Waals surface area (Å²) in [5, 5.41) is 28.1. The molecule has 1 saturated heterocycles. The summed E-state index contributed by atoms with van der Waals surface area (Å²) >= 11 is 0. The molecule has 16 heteroatoms. The van der Waals surface area contributed by atoms with E-state index in [0.29, 0.717) is 0 Å². The summed E-state index contributed by atoms with van der Waals surface area (Å²) in [4.78, 5) is 51.7. The minimum absolute atomic E-state index is 0.000928. The van der Waals surface area contributed by atoms with Crippen LogP contribution in [0, 0.1) is 16.7 Å². The van der Waals surface area contributed by atoms with Gasteiger partial charge in [-0.1, -0.05) is 27.7 Å². The Kier molecular flexibility index (Phi) is 9.48. The molecule has 3 rings (SSSR count). The number of nitrogens with zero attached hydrogens (tertiary/aromatic N) is 4. The minimum Gasteiger partial charge on any atom is -0.462 e. The van der Waals surface area contributed by atoms with E-state index in [1.165, 1.54) is 16.6 Å². The van der Waals surface area contributed by atoms with Crippen LogP contribution in [-0.4, -0.2) is 81.5 Å². The quantitative estimate of drug-likeness (QED) is 0.210. The van der Waals surface area contributed by atoms with Crippen molar-refractivity contribution in [3.05, 3.63) is 24.2 Å². The van der Waals surface area contributed by atoms with Crippen molar-refractivity contribution in [2.75, 3.05) is 18.7 Å². The number of hydrogen-bond acceptors (Lipinski definition) is 14. The van der Waals surface area contributed by atoms with Crippen LogP contribution in [-0.2, 0) is 43.7 Å². The molecule has 2 aromatic rings. The first-order valence-corrected chi connectivity index (χ1v) is 12.5. The molecule has 1 amide bonds. The van der Waals surface area contributed by atoms with E-state index >= 15 is 0 Å². The maximum Gasteiger partial charge on any atom is 0.415 e. The SMILES string of the molecule is CCC(=O)O[C@H]1[C@@H](O)[C@](C#N)(c2ccc3c(NC(=O)OCOC(C)=O)ncnn23)O[C@@H]1COC(=O)[C@@H](N)C(C)(C)C. The van der Waals surface area contributed by atoms with Crippen molar-refractivity contribution < 1.29 is 48.0 Å². The first-order valence-electron chi connectivity index (χ1n) is 12.5. The van der Waals surface area contributed by atoms with Crippen LogP contribution >= 0.6 is 0 Å². The third kappa shape index (κ3) is 6.70. The van der Waals surface area contributed by atoms with Crippen molar-refractivity contribution in [3.8, 4) is 6.07 Å². The van der Waals surface area contributed by atoms with Gasteiger partial charge in [0.05, 0.1) is 5.69 Å². The molecule has 1 aliphatic heterocycles. The highest BCUT2D eigenvalue weighted by Gasteiger charge is 2.60. The predicted octanol–water partition coefficient (Wildman–Crippen LogP) is 0.515. The largest absolute Gasteiger partial charge is 0.462 e. The lowest BCUT2D eigenvalue weighted by molar-refractivity contribution is -0.161. The Morgan fingerprint density at radius 3 is 2.59 bits per heavy atom. The van der Waals surface area contributed by atoms with Crippen LogP contribution in [0.2, 0.25) is 0 Å². The van der Waals surface area contributed by atoms with E-state index in [1.807, 2.05) is 6.07 Å². The molecule has 1 aliphatic rings. The highest BCUT2D eigenvalue weighted by atomic mass is 16.7. The number of fused-ring (bicyclic) bond motifs is 1. The van der Waals surface area contributed by atoms with Gasteiger partial charge in [-0.05, 0) is 17.5 Å². The van der Waals surface area contributed by atoms with Crippen LogP contribution in [0.5, 0.6) is 0 Å². The van der Waals surface area contributed by atoms with Gasteiger partial charge in [0.1, 0.15) is 42.8 Å². The Balaban J connectivity index is 1.92. The third-order valence-corrected chi connectivity index (χ3v) is 6.24. The number of anilines is 1. The van der Waals surface area contributed by atoms with Gasteiger partial charge < -0.3 is 34.5 Å². The summed E-state index contributed by atoms with van der Waals surface area (Å²) in [5.41, 5.74) is 3.37. The second-order valence-electron chi connectivity index (χ2n) is 10.2. The highest BCUT2D eigenvalue weighted by molar-refractivity contribution is 5.88. The van der Waals surface area contributed by atoms with Crippen LogP contribution < -0.4 is 11.1 Å². The molecule has 0 unspecified atom stereocenters. The number of ether oxygens (including phenoxy) is 5. The summed E-state index contributed by atoms with van der Waals surface area (Å²) in [5.74, 6) is -2.13. The van der Waals surface area contributed by atoms with E-state index in [1.54, 1.807) is 27.7 Å². The van der Waals surface area contributed by atoms with Gasteiger partial charge in [0.15, 0.2) is 11.9 Å². The average Bonchev–Trinajstić information content (AvgIpc) is 3.46. The molecule has 4 N–H and O–H groups in total. The number of amides is 1. The molecule has 16 nitrogen and oxygen atoms in total. The monoisotopic (exact) mass is 576 g/mol. The number of aliphatic hydroxyl groups excluding tert-OH is 1. The van der Waals surface area contributed by atoms with Gasteiger partial charge in [-0.3, -0.25) is 19.7 Å². The van der Waals surface area contributed by atoms with E-state index in [-0.39, 0.29) is 23.4 Å². The number of aromatic nitrogens is 3. The topological polar surface area (TPSA) is 227 Å². The van der Waals surface area contributed by atoms with E-state index in [0.717, 1.165) is 13.3 Å². The second-order valence-corrected chi connectivity index (χ2v) is 10.2. The van der Waals surface area contributed by atoms with Gasteiger partial charge in [-0.2, -0.15) is 10.4 Å². The molecule has 0 saturated carbocycles. The summed E-state index contributed by atoms with van der Waals surface area (Å²) < 4.78 is 27.2. The fraction of sp³-hybridized carbons (Fsp3) is 0.560. The number of carbonyl (C=O) groups is 4. The Hall–Kier alpha value is -4.33. The number of hydrogen-bond donors (Lipinski definition) is 3. The van der Waals surface area contributed by atoms with E-state index in [4.69, 9.17) is 24.7 Å². The van der Waals surface area contributed by atoms with E-state index < -0.39 is 72.8 Å². The Labute approximate surface area is 234 Å². The van der Waals surface area contributed by atoms with E-state index in [9.17, 15) is 29.5 Å². The third-order valence-electron chi connectivity index (χ3n) is 6.24. The van der Waals surface area contributed by atoms with Gasteiger partial charge in [-0.25, -0.2) is 14.3 Å². The molecule has 5 atom stereocenters. The van der Waals surface area contributed by atoms with Gasteiger partial charge in [-0.15, -0.1) is 0 Å². The zero-order valence-corrected chi connectivity index (χ0v) is 23.2. The number of rotatable bonds is 9. The van der Waals surface area contributed by atoms with Crippen LogP contribution in [0.4, 0.5) is 10.6 Å². The molecule has 41 heavy (non-hydrogen) atoms. The first-order chi connectivity index (χ1) is 19.2. The van der Waals surface area contributed by atoms with Crippen LogP contribution in [0.1, 0.15) is 46.7 Å². The molecular formula is C25H32N6O10. The van der Waals surface area contributed by atoms with Crippen molar-refractivity contribution in [3.63, 3.8) is 0 Å². The molecule has 0 radical (unpaired) electrons. The van der Waals surface area contributed by atoms with Gasteiger partial charge in [0.2, 0.25) is 12.4 Å². The molecule has 0 aliphatic carbocycles. The van der Waals surface area contributed by atoms with Crippen LogP contribution in [0.15, 0.2) is 18.5 Å². The molecule has 1 fully saturated rings. The fourth-order valence-electron chi connectivity index (χ4n) is 3.89. The normalized spacial score (nSPS) is 22.8. The molecule has 0 bridgehead atoms. The number of aliphatic hydroxyl groups is 1. The van der Waals surface area contributed by atoms with Gasteiger partial charge >= 0.3 is 24.0 Å². The fourth-order valence-corrected chi connectivity index (χ4v) is 3.89. The molecule has 3 heterocycles. The van der Waals surface area contributed by atoms with Crippen molar-refractivity contribution in [2.24, 2.45) is 11.1 Å².